The van der Waals surface area contributed by atoms with Gasteiger partial charge in [-0.2, -0.15) is 0 Å². The molecule has 8 heteroatoms. The largest absolute Gasteiger partial charge is 0.383 e. The third-order valence-corrected chi connectivity index (χ3v) is 2.68. The maximum absolute atomic E-state index is 13.8. The number of hydrogen-bond acceptors (Lipinski definition) is 5. The number of amides is 1. The second-order valence-electron chi connectivity index (χ2n) is 4.28. The minimum absolute atomic E-state index is 0.0688. The average Bonchev–Trinajstić information content (AvgIpc) is 2.45. The van der Waals surface area contributed by atoms with E-state index in [9.17, 15) is 19.3 Å². The summed E-state index contributed by atoms with van der Waals surface area (Å²) in [5, 5.41) is 16.2. The van der Waals surface area contributed by atoms with Gasteiger partial charge in [-0.05, 0) is 12.5 Å². The number of benzene rings is 1. The number of nitro benzene ring substituents is 1. The van der Waals surface area contributed by atoms with Gasteiger partial charge in [0, 0.05) is 20.2 Å². The molecule has 1 amide bonds. The van der Waals surface area contributed by atoms with Gasteiger partial charge in [-0.25, -0.2) is 4.39 Å². The van der Waals surface area contributed by atoms with Crippen LogP contribution in [0.15, 0.2) is 12.1 Å². The first-order valence-electron chi connectivity index (χ1n) is 6.50. The summed E-state index contributed by atoms with van der Waals surface area (Å²) in [5.41, 5.74) is -0.681. The second kappa shape index (κ2) is 8.15. The Morgan fingerprint density at radius 1 is 1.43 bits per heavy atom. The van der Waals surface area contributed by atoms with E-state index in [4.69, 9.17) is 4.74 Å². The zero-order valence-corrected chi connectivity index (χ0v) is 11.9. The molecule has 1 aromatic carbocycles. The van der Waals surface area contributed by atoms with Crippen molar-refractivity contribution in [3.63, 3.8) is 0 Å². The Bertz CT molecular complexity index is 522. The standard InChI is InChI=1S/C13H18FN3O4/c1-3-4-15-11-7-9(13(18)16-5-6-21-2)12(17(19)20)8-10(11)14/h7-8,15H,3-6H2,1-2H3,(H,16,18). The van der Waals surface area contributed by atoms with Crippen molar-refractivity contribution in [1.29, 1.82) is 0 Å². The zero-order chi connectivity index (χ0) is 15.8. The number of nitrogens with one attached hydrogen (secondary N) is 2. The first-order valence-corrected chi connectivity index (χ1v) is 6.50. The molecule has 0 heterocycles. The van der Waals surface area contributed by atoms with E-state index in [0.717, 1.165) is 18.6 Å². The molecular weight excluding hydrogens is 281 g/mol. The number of halogens is 1. The molecule has 0 unspecified atom stereocenters. The SMILES string of the molecule is CCCNc1cc(C(=O)NCCOC)c([N+](=O)[O-])cc1F. The van der Waals surface area contributed by atoms with Gasteiger partial charge in [0.25, 0.3) is 11.6 Å². The van der Waals surface area contributed by atoms with Crippen LogP contribution in [0.1, 0.15) is 23.7 Å². The van der Waals surface area contributed by atoms with E-state index in [0.29, 0.717) is 6.54 Å². The maximum atomic E-state index is 13.8. The highest BCUT2D eigenvalue weighted by Gasteiger charge is 2.23. The van der Waals surface area contributed by atoms with Crippen LogP contribution in [0.4, 0.5) is 15.8 Å². The van der Waals surface area contributed by atoms with E-state index < -0.39 is 22.3 Å². The van der Waals surface area contributed by atoms with Crippen LogP contribution in [0.2, 0.25) is 0 Å². The topological polar surface area (TPSA) is 93.5 Å². The molecule has 116 valence electrons. The van der Waals surface area contributed by atoms with E-state index in [2.05, 4.69) is 10.6 Å². The second-order valence-corrected chi connectivity index (χ2v) is 4.28. The molecule has 21 heavy (non-hydrogen) atoms. The Labute approximate surface area is 121 Å². The van der Waals surface area contributed by atoms with Gasteiger partial charge in [-0.3, -0.25) is 14.9 Å². The molecule has 0 aliphatic heterocycles. The van der Waals surface area contributed by atoms with Gasteiger partial charge in [-0.1, -0.05) is 6.92 Å². The highest BCUT2D eigenvalue weighted by Crippen LogP contribution is 2.26. The summed E-state index contributed by atoms with van der Waals surface area (Å²) in [6.07, 6.45) is 0.756. The summed E-state index contributed by atoms with van der Waals surface area (Å²) < 4.78 is 18.5. The Balaban J connectivity index is 3.07. The third kappa shape index (κ3) is 4.67. The normalized spacial score (nSPS) is 10.2. The molecule has 1 rings (SSSR count). The quantitative estimate of drug-likeness (QED) is 0.434. The first-order chi connectivity index (χ1) is 10.0. The molecule has 0 bridgehead atoms. The predicted molar refractivity (Wildman–Crippen MR) is 76.0 cm³/mol. The molecule has 0 saturated heterocycles. The molecule has 1 aromatic rings. The summed E-state index contributed by atoms with van der Waals surface area (Å²) >= 11 is 0. The summed E-state index contributed by atoms with van der Waals surface area (Å²) in [6.45, 7) is 2.89. The molecule has 0 spiro atoms. The number of nitro groups is 1. The van der Waals surface area contributed by atoms with Crippen LogP contribution in [0.3, 0.4) is 0 Å². The summed E-state index contributed by atoms with van der Waals surface area (Å²) in [7, 11) is 1.47. The van der Waals surface area contributed by atoms with E-state index in [1.54, 1.807) is 0 Å². The molecule has 0 radical (unpaired) electrons. The summed E-state index contributed by atoms with van der Waals surface area (Å²) in [6, 6.07) is 1.91. The number of ether oxygens (including phenoxy) is 1. The van der Waals surface area contributed by atoms with Crippen LogP contribution in [0.5, 0.6) is 0 Å². The van der Waals surface area contributed by atoms with Gasteiger partial charge in [0.15, 0.2) is 5.82 Å². The molecule has 0 aliphatic carbocycles. The van der Waals surface area contributed by atoms with Crippen molar-refractivity contribution in [2.24, 2.45) is 0 Å². The highest BCUT2D eigenvalue weighted by atomic mass is 19.1. The van der Waals surface area contributed by atoms with Crippen molar-refractivity contribution in [1.82, 2.24) is 5.32 Å². The summed E-state index contributed by atoms with van der Waals surface area (Å²) in [5.74, 6) is -1.40. The lowest BCUT2D eigenvalue weighted by Gasteiger charge is -2.10. The van der Waals surface area contributed by atoms with Gasteiger partial charge in [-0.15, -0.1) is 0 Å². The van der Waals surface area contributed by atoms with E-state index in [-0.39, 0.29) is 24.4 Å². The monoisotopic (exact) mass is 299 g/mol. The van der Waals surface area contributed by atoms with Crippen molar-refractivity contribution in [2.45, 2.75) is 13.3 Å². The Morgan fingerprint density at radius 2 is 2.14 bits per heavy atom. The van der Waals surface area contributed by atoms with E-state index >= 15 is 0 Å². The highest BCUT2D eigenvalue weighted by molar-refractivity contribution is 5.99. The fraction of sp³-hybridized carbons (Fsp3) is 0.462. The van der Waals surface area contributed by atoms with Gasteiger partial charge in [0.05, 0.1) is 23.3 Å². The Kier molecular flexibility index (Phi) is 6.54. The maximum Gasteiger partial charge on any atom is 0.285 e. The average molecular weight is 299 g/mol. The van der Waals surface area contributed by atoms with Crippen molar-refractivity contribution in [3.05, 3.63) is 33.6 Å². The molecule has 7 nitrogen and oxygen atoms in total. The van der Waals surface area contributed by atoms with Gasteiger partial charge < -0.3 is 15.4 Å². The smallest absolute Gasteiger partial charge is 0.285 e. The number of methoxy groups -OCH3 is 1. The number of carbonyl (C=O) groups excluding carboxylic acids is 1. The fourth-order valence-electron chi connectivity index (χ4n) is 1.65. The lowest BCUT2D eigenvalue weighted by molar-refractivity contribution is -0.385. The number of rotatable bonds is 8. The fourth-order valence-corrected chi connectivity index (χ4v) is 1.65. The molecular formula is C13H18FN3O4. The van der Waals surface area contributed by atoms with Crippen LogP contribution in [-0.2, 0) is 4.74 Å². The predicted octanol–water partition coefficient (Wildman–Crippen LogP) is 1.93. The van der Waals surface area contributed by atoms with Gasteiger partial charge in [0.2, 0.25) is 0 Å². The molecule has 0 fully saturated rings. The van der Waals surface area contributed by atoms with Crippen LogP contribution in [0, 0.1) is 15.9 Å². The van der Waals surface area contributed by atoms with Gasteiger partial charge in [0.1, 0.15) is 5.56 Å². The van der Waals surface area contributed by atoms with E-state index in [1.165, 1.54) is 7.11 Å². The molecule has 0 aromatic heterocycles. The first kappa shape index (κ1) is 16.8. The van der Waals surface area contributed by atoms with Crippen molar-refractivity contribution < 1.29 is 18.8 Å². The number of nitrogens with zero attached hydrogens (tertiary/aromatic N) is 1. The van der Waals surface area contributed by atoms with Crippen molar-refractivity contribution in [3.8, 4) is 0 Å². The van der Waals surface area contributed by atoms with Crippen LogP contribution in [-0.4, -0.2) is 37.6 Å². The lowest BCUT2D eigenvalue weighted by Crippen LogP contribution is -2.27. The van der Waals surface area contributed by atoms with Crippen LogP contribution >= 0.6 is 0 Å². The minimum atomic E-state index is -0.780. The Morgan fingerprint density at radius 3 is 2.71 bits per heavy atom. The molecule has 2 N–H and O–H groups in total. The van der Waals surface area contributed by atoms with Crippen molar-refractivity contribution in [2.75, 3.05) is 32.1 Å². The number of anilines is 1. The van der Waals surface area contributed by atoms with Crippen LogP contribution in [0.25, 0.3) is 0 Å². The summed E-state index contributed by atoms with van der Waals surface area (Å²) in [4.78, 5) is 22.1. The molecule has 0 saturated carbocycles. The van der Waals surface area contributed by atoms with Crippen LogP contribution < -0.4 is 10.6 Å². The number of hydrogen-bond donors (Lipinski definition) is 2. The minimum Gasteiger partial charge on any atom is -0.383 e. The van der Waals surface area contributed by atoms with Crippen molar-refractivity contribution >= 4 is 17.3 Å². The Hall–Kier alpha value is -2.22. The lowest BCUT2D eigenvalue weighted by atomic mass is 10.1. The number of carbonyl (C=O) groups is 1. The molecule has 0 atom stereocenters. The zero-order valence-electron chi connectivity index (χ0n) is 11.9. The van der Waals surface area contributed by atoms with E-state index in [1.807, 2.05) is 6.92 Å². The third-order valence-electron chi connectivity index (χ3n) is 2.68. The molecule has 0 aliphatic rings. The van der Waals surface area contributed by atoms with Gasteiger partial charge >= 0.3 is 0 Å².